The van der Waals surface area contributed by atoms with Crippen LogP contribution < -0.4 is 16.1 Å². The van der Waals surface area contributed by atoms with Crippen LogP contribution in [0.5, 0.6) is 0 Å². The van der Waals surface area contributed by atoms with E-state index in [1.807, 2.05) is 0 Å². The largest absolute Gasteiger partial charge is 0.301 e. The van der Waals surface area contributed by atoms with Crippen LogP contribution in [0.3, 0.4) is 0 Å². The van der Waals surface area contributed by atoms with Crippen LogP contribution in [0.15, 0.2) is 0 Å². The van der Waals surface area contributed by atoms with Crippen molar-refractivity contribution in [1.29, 1.82) is 0 Å². The number of halogens is 1. The van der Waals surface area contributed by atoms with Crippen LogP contribution in [0.25, 0.3) is 0 Å². The maximum Gasteiger partial charge on any atom is 0.146 e. The van der Waals surface area contributed by atoms with Crippen LogP contribution >= 0.6 is 0 Å². The van der Waals surface area contributed by atoms with Gasteiger partial charge in [-0.15, -0.1) is 0 Å². The minimum Gasteiger partial charge on any atom is -0.301 e. The molecule has 4 aliphatic rings. The Morgan fingerprint density at radius 1 is 1.07 bits per heavy atom. The molecule has 0 bridgehead atoms. The summed E-state index contributed by atoms with van der Waals surface area (Å²) in [7, 11) is 4.26. The number of likely N-dealkylation sites (tertiary alicyclic amines) is 1. The molecule has 0 aromatic carbocycles. The van der Waals surface area contributed by atoms with Crippen molar-refractivity contribution >= 4 is 0 Å². The van der Waals surface area contributed by atoms with Crippen LogP contribution in [0.2, 0.25) is 0 Å². The smallest absolute Gasteiger partial charge is 0.146 e. The molecule has 3 aliphatic heterocycles. The highest BCUT2D eigenvalue weighted by Gasteiger charge is 2.41. The number of nitrogens with one attached hydrogen (secondary N) is 3. The van der Waals surface area contributed by atoms with E-state index in [4.69, 9.17) is 4.84 Å². The molecule has 0 spiro atoms. The van der Waals surface area contributed by atoms with Crippen molar-refractivity contribution in [3.63, 3.8) is 0 Å². The van der Waals surface area contributed by atoms with Crippen molar-refractivity contribution in [2.45, 2.75) is 82.1 Å². The van der Waals surface area contributed by atoms with Crippen molar-refractivity contribution in [2.75, 3.05) is 33.7 Å². The van der Waals surface area contributed by atoms with Gasteiger partial charge >= 0.3 is 0 Å². The van der Waals surface area contributed by atoms with E-state index in [0.29, 0.717) is 18.1 Å². The highest BCUT2D eigenvalue weighted by Crippen LogP contribution is 2.31. The summed E-state index contributed by atoms with van der Waals surface area (Å²) in [4.78, 5) is 10.7. The molecule has 3 saturated heterocycles. The average molecular weight is 384 g/mol. The zero-order valence-corrected chi connectivity index (χ0v) is 17.0. The fraction of sp³-hybridized carbons (Fsp3) is 1.00. The Hall–Kier alpha value is -0.310. The second-order valence-corrected chi connectivity index (χ2v) is 9.29. The first kappa shape index (κ1) is 20.0. The monoisotopic (exact) mass is 383 g/mol. The summed E-state index contributed by atoms with van der Waals surface area (Å²) < 4.78 is 14.3. The maximum absolute atomic E-state index is 14.3. The highest BCUT2D eigenvalue weighted by molar-refractivity contribution is 4.92. The molecular formula is C20H38FN5O. The predicted molar refractivity (Wildman–Crippen MR) is 105 cm³/mol. The molecule has 7 heteroatoms. The fourth-order valence-electron chi connectivity index (χ4n) is 5.49. The summed E-state index contributed by atoms with van der Waals surface area (Å²) in [6.07, 6.45) is 8.83. The molecule has 27 heavy (non-hydrogen) atoms. The molecule has 1 aliphatic carbocycles. The van der Waals surface area contributed by atoms with E-state index in [2.05, 4.69) is 40.0 Å². The Morgan fingerprint density at radius 3 is 2.67 bits per heavy atom. The lowest BCUT2D eigenvalue weighted by molar-refractivity contribution is -0.0300. The van der Waals surface area contributed by atoms with Gasteiger partial charge in [0.25, 0.3) is 0 Å². The summed E-state index contributed by atoms with van der Waals surface area (Å²) in [5.41, 5.74) is 3.26. The van der Waals surface area contributed by atoms with Gasteiger partial charge in [0.1, 0.15) is 12.4 Å². The van der Waals surface area contributed by atoms with Gasteiger partial charge in [-0.3, -0.25) is 20.0 Å². The number of rotatable bonds is 5. The minimum atomic E-state index is -0.610. The van der Waals surface area contributed by atoms with Crippen LogP contribution in [-0.2, 0) is 4.84 Å². The molecule has 0 aromatic heterocycles. The van der Waals surface area contributed by atoms with Crippen LogP contribution in [-0.4, -0.2) is 74.3 Å². The van der Waals surface area contributed by atoms with Gasteiger partial charge in [-0.1, -0.05) is 12.8 Å². The molecule has 7 atom stereocenters. The first-order valence-electron chi connectivity index (χ1n) is 11.1. The molecule has 0 radical (unpaired) electrons. The molecule has 6 nitrogen and oxygen atoms in total. The van der Waals surface area contributed by atoms with E-state index < -0.39 is 6.17 Å². The average Bonchev–Trinajstić information content (AvgIpc) is 3.33. The summed E-state index contributed by atoms with van der Waals surface area (Å²) >= 11 is 0. The van der Waals surface area contributed by atoms with Crippen molar-refractivity contribution in [3.8, 4) is 0 Å². The molecule has 4 rings (SSSR count). The maximum atomic E-state index is 14.3. The van der Waals surface area contributed by atoms with Crippen LogP contribution in [0.4, 0.5) is 4.39 Å². The lowest BCUT2D eigenvalue weighted by Crippen LogP contribution is -2.54. The molecule has 0 amide bonds. The Kier molecular flexibility index (Phi) is 6.67. The van der Waals surface area contributed by atoms with Crippen molar-refractivity contribution < 1.29 is 9.23 Å². The zero-order valence-electron chi connectivity index (χ0n) is 17.0. The Labute approximate surface area is 163 Å². The quantitative estimate of drug-likeness (QED) is 0.671. The van der Waals surface area contributed by atoms with Crippen molar-refractivity contribution in [1.82, 2.24) is 25.9 Å². The standard InChI is InChI=1S/C20H38FN5O/c1-25(2)18-10-9-14(12-22-18)19-23-20(27-24-19)17-8-5-11-26(17)13-15-6-3-4-7-16(15)21/h14-20,22-24H,3-13H2,1-2H3/t14?,15?,16?,17-,18?,19?,20?/m1/s1. The molecule has 4 fully saturated rings. The van der Waals surface area contributed by atoms with E-state index in [9.17, 15) is 4.39 Å². The minimum absolute atomic E-state index is 0.0192. The lowest BCUT2D eigenvalue weighted by Gasteiger charge is -2.36. The third-order valence-corrected chi connectivity index (χ3v) is 7.24. The number of hydroxylamine groups is 1. The van der Waals surface area contributed by atoms with Crippen molar-refractivity contribution in [3.05, 3.63) is 0 Å². The number of hydrogen-bond acceptors (Lipinski definition) is 6. The van der Waals surface area contributed by atoms with Gasteiger partial charge in [-0.2, -0.15) is 5.48 Å². The third-order valence-electron chi connectivity index (χ3n) is 7.24. The third kappa shape index (κ3) is 4.65. The molecule has 3 N–H and O–H groups in total. The van der Waals surface area contributed by atoms with Gasteiger partial charge in [0, 0.05) is 24.9 Å². The van der Waals surface area contributed by atoms with Crippen LogP contribution in [0, 0.1) is 11.8 Å². The molecular weight excluding hydrogens is 345 g/mol. The van der Waals surface area contributed by atoms with Crippen molar-refractivity contribution in [2.24, 2.45) is 11.8 Å². The molecule has 6 unspecified atom stereocenters. The Morgan fingerprint density at radius 2 is 1.93 bits per heavy atom. The first-order valence-corrected chi connectivity index (χ1v) is 11.1. The Bertz CT molecular complexity index is 473. The Balaban J connectivity index is 1.28. The molecule has 3 heterocycles. The predicted octanol–water partition coefficient (Wildman–Crippen LogP) is 1.64. The van der Waals surface area contributed by atoms with Gasteiger partial charge in [0.2, 0.25) is 0 Å². The summed E-state index contributed by atoms with van der Waals surface area (Å²) in [6.45, 7) is 2.98. The van der Waals surface area contributed by atoms with E-state index in [1.165, 1.54) is 19.3 Å². The second-order valence-electron chi connectivity index (χ2n) is 9.29. The summed E-state index contributed by atoms with van der Waals surface area (Å²) in [6, 6.07) is 0.364. The van der Waals surface area contributed by atoms with Crippen LogP contribution in [0.1, 0.15) is 51.4 Å². The van der Waals surface area contributed by atoms with Gasteiger partial charge < -0.3 is 5.32 Å². The normalized spacial score (nSPS) is 44.2. The number of nitrogens with zero attached hydrogens (tertiary/aromatic N) is 2. The van der Waals surface area contributed by atoms with Gasteiger partial charge in [-0.05, 0) is 59.2 Å². The number of hydrogen-bond donors (Lipinski definition) is 3. The molecule has 156 valence electrons. The van der Waals surface area contributed by atoms with Gasteiger partial charge in [0.05, 0.1) is 18.4 Å². The summed E-state index contributed by atoms with van der Waals surface area (Å²) in [5.74, 6) is 0.754. The number of alkyl halides is 1. The first-order chi connectivity index (χ1) is 13.1. The fourth-order valence-corrected chi connectivity index (χ4v) is 5.49. The molecule has 0 aromatic rings. The van der Waals surface area contributed by atoms with E-state index in [-0.39, 0.29) is 18.3 Å². The van der Waals surface area contributed by atoms with Gasteiger partial charge in [0.15, 0.2) is 0 Å². The molecule has 1 saturated carbocycles. The SMILES string of the molecule is CN(C)C1CCC(C2NOC([C@H]3CCCN3CC3CCCCC3F)N2)CN1. The highest BCUT2D eigenvalue weighted by atomic mass is 19.1. The second kappa shape index (κ2) is 9.01. The van der Waals surface area contributed by atoms with E-state index in [1.54, 1.807) is 0 Å². The van der Waals surface area contributed by atoms with E-state index in [0.717, 1.165) is 51.7 Å². The number of piperidine rings is 1. The van der Waals surface area contributed by atoms with E-state index >= 15 is 0 Å². The zero-order chi connectivity index (χ0) is 18.8. The van der Waals surface area contributed by atoms with Gasteiger partial charge in [-0.25, -0.2) is 4.39 Å². The summed E-state index contributed by atoms with van der Waals surface area (Å²) in [5, 5.41) is 7.34. The topological polar surface area (TPSA) is 51.8 Å². The lowest BCUT2D eigenvalue weighted by atomic mass is 9.87.